The number of halogens is 1. The number of carbonyl (C=O) groups is 2. The third-order valence-corrected chi connectivity index (χ3v) is 5.02. The molecule has 1 aliphatic rings. The fraction of sp³-hybridized carbons (Fsp3) is 0.318. The van der Waals surface area contributed by atoms with Gasteiger partial charge in [0, 0.05) is 37.7 Å². The number of nitriles is 1. The number of hydrogen-bond donors (Lipinski definition) is 0. The first-order valence-electron chi connectivity index (χ1n) is 9.35. The van der Waals surface area contributed by atoms with Crippen LogP contribution in [0.1, 0.15) is 41.3 Å². The van der Waals surface area contributed by atoms with Gasteiger partial charge in [0.05, 0.1) is 11.6 Å². The summed E-state index contributed by atoms with van der Waals surface area (Å²) in [5, 5.41) is 9.02. The Kier molecular flexibility index (Phi) is 6.05. The van der Waals surface area contributed by atoms with Crippen molar-refractivity contribution in [3.8, 4) is 6.07 Å². The van der Waals surface area contributed by atoms with E-state index in [-0.39, 0.29) is 41.9 Å². The molecule has 2 amide bonds. The predicted molar refractivity (Wildman–Crippen MR) is 103 cm³/mol. The van der Waals surface area contributed by atoms with Crippen LogP contribution in [0.2, 0.25) is 0 Å². The van der Waals surface area contributed by atoms with E-state index in [0.717, 1.165) is 17.7 Å². The highest BCUT2D eigenvalue weighted by atomic mass is 19.1. The summed E-state index contributed by atoms with van der Waals surface area (Å²) in [5.74, 6) is -0.974. The molecule has 1 fully saturated rings. The summed E-state index contributed by atoms with van der Waals surface area (Å²) in [7, 11) is 0. The Morgan fingerprint density at radius 1 is 1.25 bits per heavy atom. The summed E-state index contributed by atoms with van der Waals surface area (Å²) < 4.78 is 13.7. The fourth-order valence-corrected chi connectivity index (χ4v) is 3.51. The molecule has 0 saturated carbocycles. The Morgan fingerprint density at radius 3 is 2.68 bits per heavy atom. The minimum atomic E-state index is -0.619. The molecule has 1 saturated heterocycles. The maximum Gasteiger partial charge on any atom is 0.254 e. The summed E-state index contributed by atoms with van der Waals surface area (Å²) in [4.78, 5) is 29.1. The zero-order valence-electron chi connectivity index (χ0n) is 15.8. The molecule has 1 heterocycles. The van der Waals surface area contributed by atoms with Crippen molar-refractivity contribution < 1.29 is 14.0 Å². The van der Waals surface area contributed by atoms with Crippen LogP contribution >= 0.6 is 0 Å². The van der Waals surface area contributed by atoms with Crippen LogP contribution in [0.3, 0.4) is 0 Å². The molecule has 144 valence electrons. The lowest BCUT2D eigenvalue weighted by Gasteiger charge is -2.31. The van der Waals surface area contributed by atoms with Crippen LogP contribution in [0, 0.1) is 17.1 Å². The van der Waals surface area contributed by atoms with Gasteiger partial charge in [-0.05, 0) is 30.2 Å². The van der Waals surface area contributed by atoms with Crippen LogP contribution in [0.4, 0.5) is 4.39 Å². The zero-order chi connectivity index (χ0) is 20.1. The second-order valence-corrected chi connectivity index (χ2v) is 6.91. The van der Waals surface area contributed by atoms with Crippen molar-refractivity contribution in [3.05, 3.63) is 71.0 Å². The zero-order valence-corrected chi connectivity index (χ0v) is 15.8. The lowest BCUT2D eigenvalue weighted by atomic mass is 10.1. The third-order valence-electron chi connectivity index (χ3n) is 5.02. The quantitative estimate of drug-likeness (QED) is 0.818. The first kappa shape index (κ1) is 19.6. The Balaban J connectivity index is 1.82. The molecule has 0 spiro atoms. The largest absolute Gasteiger partial charge is 0.336 e. The van der Waals surface area contributed by atoms with Gasteiger partial charge in [0.25, 0.3) is 5.91 Å². The molecule has 1 unspecified atom stereocenters. The number of hydrogen-bond acceptors (Lipinski definition) is 3. The van der Waals surface area contributed by atoms with Crippen molar-refractivity contribution in [2.75, 3.05) is 13.1 Å². The van der Waals surface area contributed by atoms with E-state index in [1.165, 1.54) is 6.07 Å². The SMILES string of the molecule is CCC1CN(C(=O)c2cc(F)cc(C#N)c2)CCC(=O)N1Cc1ccccc1. The predicted octanol–water partition coefficient (Wildman–Crippen LogP) is 3.35. The van der Waals surface area contributed by atoms with Gasteiger partial charge in [-0.3, -0.25) is 9.59 Å². The smallest absolute Gasteiger partial charge is 0.254 e. The van der Waals surface area contributed by atoms with Crippen LogP contribution in [0.15, 0.2) is 48.5 Å². The van der Waals surface area contributed by atoms with Crippen molar-refractivity contribution in [2.45, 2.75) is 32.4 Å². The third kappa shape index (κ3) is 4.37. The molecule has 0 aromatic heterocycles. The Morgan fingerprint density at radius 2 is 2.00 bits per heavy atom. The van der Waals surface area contributed by atoms with Crippen LogP contribution in [-0.4, -0.2) is 40.7 Å². The van der Waals surface area contributed by atoms with Gasteiger partial charge >= 0.3 is 0 Å². The first-order chi connectivity index (χ1) is 13.5. The molecule has 3 rings (SSSR count). The average Bonchev–Trinajstić information content (AvgIpc) is 2.87. The van der Waals surface area contributed by atoms with Gasteiger partial charge in [-0.2, -0.15) is 5.26 Å². The van der Waals surface area contributed by atoms with Crippen molar-refractivity contribution in [2.24, 2.45) is 0 Å². The molecule has 0 N–H and O–H groups in total. The molecule has 0 aliphatic carbocycles. The van der Waals surface area contributed by atoms with Gasteiger partial charge in [0.1, 0.15) is 5.82 Å². The Hall–Kier alpha value is -3.20. The summed E-state index contributed by atoms with van der Waals surface area (Å²) in [6.45, 7) is 3.14. The van der Waals surface area contributed by atoms with E-state index in [1.54, 1.807) is 4.90 Å². The summed E-state index contributed by atoms with van der Waals surface area (Å²) in [6, 6.07) is 15.1. The van der Waals surface area contributed by atoms with Gasteiger partial charge in [-0.15, -0.1) is 0 Å². The number of amides is 2. The number of nitrogens with zero attached hydrogens (tertiary/aromatic N) is 3. The topological polar surface area (TPSA) is 64.4 Å². The molecular formula is C22H22FN3O2. The number of benzene rings is 2. The first-order valence-corrected chi connectivity index (χ1v) is 9.35. The van der Waals surface area contributed by atoms with Crippen molar-refractivity contribution in [1.82, 2.24) is 9.80 Å². The standard InChI is InChI=1S/C22H22FN3O2/c1-2-20-15-25(22(28)18-10-17(13-24)11-19(23)12-18)9-8-21(27)26(20)14-16-6-4-3-5-7-16/h3-7,10-12,20H,2,8-9,14-15H2,1H3. The van der Waals surface area contributed by atoms with Gasteiger partial charge in [-0.25, -0.2) is 4.39 Å². The van der Waals surface area contributed by atoms with E-state index >= 15 is 0 Å². The van der Waals surface area contributed by atoms with Gasteiger partial charge in [0.2, 0.25) is 5.91 Å². The molecule has 5 nitrogen and oxygen atoms in total. The molecule has 1 atom stereocenters. The minimum absolute atomic E-state index is 0.00274. The summed E-state index contributed by atoms with van der Waals surface area (Å²) >= 11 is 0. The lowest BCUT2D eigenvalue weighted by molar-refractivity contribution is -0.133. The normalized spacial score (nSPS) is 17.2. The van der Waals surface area contributed by atoms with Crippen LogP contribution in [0.25, 0.3) is 0 Å². The maximum absolute atomic E-state index is 13.7. The van der Waals surface area contributed by atoms with E-state index < -0.39 is 5.82 Å². The molecule has 28 heavy (non-hydrogen) atoms. The molecule has 1 aliphatic heterocycles. The van der Waals surface area contributed by atoms with Crippen LogP contribution in [-0.2, 0) is 11.3 Å². The van der Waals surface area contributed by atoms with Gasteiger partial charge < -0.3 is 9.80 Å². The summed E-state index contributed by atoms with van der Waals surface area (Å²) in [6.07, 6.45) is 0.921. The number of rotatable bonds is 4. The Bertz CT molecular complexity index is 908. The molecule has 6 heteroatoms. The molecule has 2 aromatic carbocycles. The Labute approximate surface area is 164 Å². The van der Waals surface area contributed by atoms with Gasteiger partial charge in [0.15, 0.2) is 0 Å². The monoisotopic (exact) mass is 379 g/mol. The molecule has 0 bridgehead atoms. The van der Waals surface area contributed by atoms with E-state index in [0.29, 0.717) is 19.5 Å². The van der Waals surface area contributed by atoms with Crippen molar-refractivity contribution >= 4 is 11.8 Å². The highest BCUT2D eigenvalue weighted by Crippen LogP contribution is 2.20. The molecule has 2 aromatic rings. The number of carbonyl (C=O) groups excluding carboxylic acids is 2. The second kappa shape index (κ2) is 8.66. The van der Waals surface area contributed by atoms with Crippen LogP contribution < -0.4 is 0 Å². The summed E-state index contributed by atoms with van der Waals surface area (Å²) in [5.41, 5.74) is 1.28. The maximum atomic E-state index is 13.7. The minimum Gasteiger partial charge on any atom is -0.336 e. The van der Waals surface area contributed by atoms with E-state index in [2.05, 4.69) is 0 Å². The van der Waals surface area contributed by atoms with Crippen LogP contribution in [0.5, 0.6) is 0 Å². The molecule has 0 radical (unpaired) electrons. The fourth-order valence-electron chi connectivity index (χ4n) is 3.51. The lowest BCUT2D eigenvalue weighted by Crippen LogP contribution is -2.43. The van der Waals surface area contributed by atoms with Crippen molar-refractivity contribution in [3.63, 3.8) is 0 Å². The van der Waals surface area contributed by atoms with E-state index in [9.17, 15) is 14.0 Å². The average molecular weight is 379 g/mol. The highest BCUT2D eigenvalue weighted by molar-refractivity contribution is 5.95. The highest BCUT2D eigenvalue weighted by Gasteiger charge is 2.31. The van der Waals surface area contributed by atoms with Gasteiger partial charge in [-0.1, -0.05) is 37.3 Å². The van der Waals surface area contributed by atoms with E-state index in [1.807, 2.05) is 48.2 Å². The molecular weight excluding hydrogens is 357 g/mol. The van der Waals surface area contributed by atoms with Crippen molar-refractivity contribution in [1.29, 1.82) is 5.26 Å². The second-order valence-electron chi connectivity index (χ2n) is 6.91. The van der Waals surface area contributed by atoms with E-state index in [4.69, 9.17) is 5.26 Å².